The van der Waals surface area contributed by atoms with Gasteiger partial charge in [-0.1, -0.05) is 40.3 Å². The van der Waals surface area contributed by atoms with E-state index in [4.69, 9.17) is 10.5 Å². The molecule has 0 unspecified atom stereocenters. The summed E-state index contributed by atoms with van der Waals surface area (Å²) in [5.74, 6) is -0.513. The number of hydrogen-bond acceptors (Lipinski definition) is 3. The van der Waals surface area contributed by atoms with Crippen LogP contribution in [0.2, 0.25) is 0 Å². The van der Waals surface area contributed by atoms with Gasteiger partial charge in [-0.2, -0.15) is 0 Å². The van der Waals surface area contributed by atoms with Crippen molar-refractivity contribution in [2.45, 2.75) is 40.5 Å². The molecule has 4 heteroatoms. The molecule has 2 N–H and O–H groups in total. The van der Waals surface area contributed by atoms with Gasteiger partial charge in [-0.05, 0) is 19.3 Å². The summed E-state index contributed by atoms with van der Waals surface area (Å²) in [7, 11) is 0. The van der Waals surface area contributed by atoms with Gasteiger partial charge in [-0.3, -0.25) is 4.79 Å². The molecule has 0 bridgehead atoms. The average Bonchev–Trinajstić information content (AvgIpc) is 2.28. The van der Waals surface area contributed by atoms with E-state index in [9.17, 15) is 9.59 Å². The van der Waals surface area contributed by atoms with E-state index in [0.717, 1.165) is 12.8 Å². The van der Waals surface area contributed by atoms with Crippen LogP contribution in [0.15, 0.2) is 24.3 Å². The summed E-state index contributed by atoms with van der Waals surface area (Å²) in [6, 6.07) is 0. The molecule has 0 aromatic heterocycles. The van der Waals surface area contributed by atoms with E-state index in [1.54, 1.807) is 6.92 Å². The van der Waals surface area contributed by atoms with Gasteiger partial charge in [-0.15, -0.1) is 0 Å². The number of rotatable bonds is 6. The zero-order valence-electron chi connectivity index (χ0n) is 11.9. The van der Waals surface area contributed by atoms with Gasteiger partial charge in [-0.25, -0.2) is 4.79 Å². The number of ether oxygens (including phenoxy) is 1. The second-order valence-electron chi connectivity index (χ2n) is 4.31. The van der Waals surface area contributed by atoms with E-state index >= 15 is 0 Å². The molecule has 0 spiro atoms. The average molecular weight is 255 g/mol. The second kappa shape index (κ2) is 10.6. The molecule has 0 saturated heterocycles. The predicted octanol–water partition coefficient (Wildman–Crippen LogP) is 2.59. The maximum atomic E-state index is 10.7. The van der Waals surface area contributed by atoms with Crippen molar-refractivity contribution in [3.05, 3.63) is 24.3 Å². The maximum absolute atomic E-state index is 10.7. The van der Waals surface area contributed by atoms with Crippen LogP contribution in [-0.2, 0) is 14.3 Å². The van der Waals surface area contributed by atoms with E-state index in [-0.39, 0.29) is 11.9 Å². The second-order valence-corrected chi connectivity index (χ2v) is 4.31. The van der Waals surface area contributed by atoms with Gasteiger partial charge < -0.3 is 10.5 Å². The highest BCUT2D eigenvalue weighted by atomic mass is 16.5. The molecule has 18 heavy (non-hydrogen) atoms. The molecule has 0 aliphatic heterocycles. The summed E-state index contributed by atoms with van der Waals surface area (Å²) in [5.41, 5.74) is 5.86. The smallest absolute Gasteiger partial charge is 0.333 e. The quantitative estimate of drug-likeness (QED) is 0.450. The zero-order chi connectivity index (χ0) is 14.7. The third kappa shape index (κ3) is 10.9. The molecule has 0 saturated carbocycles. The zero-order valence-corrected chi connectivity index (χ0v) is 11.9. The standard InChI is InChI=1S/C8H14O2.C6H11NO/c1-4-5-6-10-8(9)7(2)3;1-4(2)5(3)6(7)8/h2,4-6H2,1,3H3;4H,3H2,1-2H3,(H2,7,8). The Morgan fingerprint density at radius 1 is 1.28 bits per heavy atom. The van der Waals surface area contributed by atoms with Crippen LogP contribution in [0.1, 0.15) is 40.5 Å². The summed E-state index contributed by atoms with van der Waals surface area (Å²) in [6.07, 6.45) is 1.97. The largest absolute Gasteiger partial charge is 0.462 e. The highest BCUT2D eigenvalue weighted by Gasteiger charge is 2.04. The Bertz CT molecular complexity index is 306. The number of nitrogens with two attached hydrogens (primary N) is 1. The first-order valence-corrected chi connectivity index (χ1v) is 6.05. The van der Waals surface area contributed by atoms with Crippen molar-refractivity contribution < 1.29 is 14.3 Å². The minimum Gasteiger partial charge on any atom is -0.462 e. The molecule has 104 valence electrons. The molecule has 1 amide bonds. The minimum absolute atomic E-state index is 0.174. The van der Waals surface area contributed by atoms with Gasteiger partial charge >= 0.3 is 5.97 Å². The first-order valence-electron chi connectivity index (χ1n) is 6.05. The first kappa shape index (κ1) is 18.8. The Kier molecular flexibility index (Phi) is 11.0. The van der Waals surface area contributed by atoms with Crippen LogP contribution >= 0.6 is 0 Å². The molecule has 0 aliphatic carbocycles. The molecule has 0 aliphatic rings. The number of hydrogen-bond donors (Lipinski definition) is 1. The Morgan fingerprint density at radius 2 is 1.78 bits per heavy atom. The molecule has 4 nitrogen and oxygen atoms in total. The van der Waals surface area contributed by atoms with Crippen LogP contribution in [0.25, 0.3) is 0 Å². The predicted molar refractivity (Wildman–Crippen MR) is 73.9 cm³/mol. The SMILES string of the molecule is C=C(C(N)=O)C(C)C.C=C(C)C(=O)OCCCC. The van der Waals surface area contributed by atoms with Crippen molar-refractivity contribution >= 4 is 11.9 Å². The topological polar surface area (TPSA) is 69.4 Å². The van der Waals surface area contributed by atoms with Crippen molar-refractivity contribution in [1.82, 2.24) is 0 Å². The number of unbranched alkanes of at least 4 members (excludes halogenated alkanes) is 1. The van der Waals surface area contributed by atoms with Crippen LogP contribution < -0.4 is 5.73 Å². The Morgan fingerprint density at radius 3 is 2.00 bits per heavy atom. The highest BCUT2D eigenvalue weighted by Crippen LogP contribution is 2.03. The van der Waals surface area contributed by atoms with Crippen molar-refractivity contribution in [1.29, 1.82) is 0 Å². The van der Waals surface area contributed by atoms with Crippen LogP contribution in [0, 0.1) is 5.92 Å². The maximum Gasteiger partial charge on any atom is 0.333 e. The Labute approximate surface area is 110 Å². The lowest BCUT2D eigenvalue weighted by molar-refractivity contribution is -0.139. The van der Waals surface area contributed by atoms with Crippen molar-refractivity contribution in [3.8, 4) is 0 Å². The normalized spacial score (nSPS) is 9.17. The molecular weight excluding hydrogens is 230 g/mol. The van der Waals surface area contributed by atoms with E-state index in [2.05, 4.69) is 20.1 Å². The van der Waals surface area contributed by atoms with Gasteiger partial charge in [0.2, 0.25) is 5.91 Å². The van der Waals surface area contributed by atoms with Crippen molar-refractivity contribution in [2.24, 2.45) is 11.7 Å². The first-order chi connectivity index (χ1) is 8.23. The van der Waals surface area contributed by atoms with E-state index in [1.165, 1.54) is 0 Å². The summed E-state index contributed by atoms with van der Waals surface area (Å²) in [5, 5.41) is 0. The molecule has 0 aromatic carbocycles. The summed E-state index contributed by atoms with van der Waals surface area (Å²) in [4.78, 5) is 21.0. The summed E-state index contributed by atoms with van der Waals surface area (Å²) >= 11 is 0. The Balaban J connectivity index is 0. The molecule has 0 radical (unpaired) electrons. The van der Waals surface area contributed by atoms with Gasteiger partial charge in [0.05, 0.1) is 6.61 Å². The highest BCUT2D eigenvalue weighted by molar-refractivity contribution is 5.91. The monoisotopic (exact) mass is 255 g/mol. The molecule has 0 heterocycles. The number of carbonyl (C=O) groups is 2. The van der Waals surface area contributed by atoms with E-state index < -0.39 is 5.91 Å². The number of amides is 1. The lowest BCUT2D eigenvalue weighted by atomic mass is 10.1. The molecule has 0 atom stereocenters. The third-order valence-corrected chi connectivity index (χ3v) is 2.09. The fraction of sp³-hybridized carbons (Fsp3) is 0.571. The molecule has 0 aromatic rings. The summed E-state index contributed by atoms with van der Waals surface area (Å²) < 4.78 is 4.81. The lowest BCUT2D eigenvalue weighted by Crippen LogP contribution is -2.16. The molecule has 0 rings (SSSR count). The van der Waals surface area contributed by atoms with E-state index in [0.29, 0.717) is 17.8 Å². The van der Waals surface area contributed by atoms with Gasteiger partial charge in [0.15, 0.2) is 0 Å². The van der Waals surface area contributed by atoms with Crippen molar-refractivity contribution in [2.75, 3.05) is 6.61 Å². The van der Waals surface area contributed by atoms with Crippen molar-refractivity contribution in [3.63, 3.8) is 0 Å². The summed E-state index contributed by atoms with van der Waals surface area (Å²) in [6.45, 7) is 14.9. The fourth-order valence-corrected chi connectivity index (χ4v) is 0.717. The number of carbonyl (C=O) groups excluding carboxylic acids is 2. The third-order valence-electron chi connectivity index (χ3n) is 2.09. The number of primary amides is 1. The van der Waals surface area contributed by atoms with Gasteiger partial charge in [0, 0.05) is 11.1 Å². The van der Waals surface area contributed by atoms with Crippen LogP contribution in [0.3, 0.4) is 0 Å². The van der Waals surface area contributed by atoms with Crippen LogP contribution in [0.4, 0.5) is 0 Å². The minimum atomic E-state index is -0.403. The fourth-order valence-electron chi connectivity index (χ4n) is 0.717. The van der Waals surface area contributed by atoms with Crippen LogP contribution in [0.5, 0.6) is 0 Å². The van der Waals surface area contributed by atoms with E-state index in [1.807, 2.05) is 13.8 Å². The van der Waals surface area contributed by atoms with Gasteiger partial charge in [0.1, 0.15) is 0 Å². The molecule has 0 fully saturated rings. The molecular formula is C14H25NO3. The lowest BCUT2D eigenvalue weighted by Gasteiger charge is -2.01. The van der Waals surface area contributed by atoms with Crippen LogP contribution in [-0.4, -0.2) is 18.5 Å². The number of esters is 1. The van der Waals surface area contributed by atoms with Gasteiger partial charge in [0.25, 0.3) is 0 Å². The Hall–Kier alpha value is -1.58.